The van der Waals surface area contributed by atoms with E-state index < -0.39 is 0 Å². The van der Waals surface area contributed by atoms with E-state index in [0.717, 1.165) is 30.3 Å². The van der Waals surface area contributed by atoms with Crippen LogP contribution >= 0.6 is 11.3 Å². The highest BCUT2D eigenvalue weighted by Gasteiger charge is 2.17. The van der Waals surface area contributed by atoms with Crippen molar-refractivity contribution in [2.24, 2.45) is 0 Å². The van der Waals surface area contributed by atoms with E-state index >= 15 is 0 Å². The number of aromatic nitrogens is 1. The Bertz CT molecular complexity index is 343. The number of hydrogen-bond acceptors (Lipinski definition) is 4. The van der Waals surface area contributed by atoms with Gasteiger partial charge in [0.05, 0.1) is 11.8 Å². The molecule has 1 aliphatic rings. The first kappa shape index (κ1) is 11.9. The summed E-state index contributed by atoms with van der Waals surface area (Å²) in [6, 6.07) is 0. The lowest BCUT2D eigenvalue weighted by Gasteiger charge is -2.25. The van der Waals surface area contributed by atoms with Gasteiger partial charge >= 0.3 is 0 Å². The molecule has 1 fully saturated rings. The quantitative estimate of drug-likeness (QED) is 0.881. The molecule has 0 aliphatic carbocycles. The fourth-order valence-corrected chi connectivity index (χ4v) is 3.32. The number of aliphatic hydroxyl groups excluding tert-OH is 1. The molecule has 0 aromatic carbocycles. The summed E-state index contributed by atoms with van der Waals surface area (Å²) in [6.45, 7) is 6.16. The van der Waals surface area contributed by atoms with Crippen LogP contribution in [0.5, 0.6) is 0 Å². The third kappa shape index (κ3) is 2.74. The number of piperidine rings is 1. The van der Waals surface area contributed by atoms with Crippen LogP contribution in [0.25, 0.3) is 0 Å². The first-order valence-electron chi connectivity index (χ1n) is 6.06. The monoisotopic (exact) mass is 240 g/mol. The van der Waals surface area contributed by atoms with Crippen molar-refractivity contribution in [3.8, 4) is 0 Å². The molecule has 0 bridgehead atoms. The maximum absolute atomic E-state index is 9.42. The first-order chi connectivity index (χ1) is 7.66. The van der Waals surface area contributed by atoms with Crippen molar-refractivity contribution in [3.63, 3.8) is 0 Å². The van der Waals surface area contributed by atoms with Crippen LogP contribution < -0.4 is 4.90 Å². The summed E-state index contributed by atoms with van der Waals surface area (Å²) in [6.07, 6.45) is 4.38. The van der Waals surface area contributed by atoms with Gasteiger partial charge in [0.15, 0.2) is 5.13 Å². The molecule has 1 saturated heterocycles. The summed E-state index contributed by atoms with van der Waals surface area (Å²) < 4.78 is 0. The van der Waals surface area contributed by atoms with E-state index in [4.69, 9.17) is 0 Å². The van der Waals surface area contributed by atoms with Crippen LogP contribution in [0.3, 0.4) is 0 Å². The van der Waals surface area contributed by atoms with Crippen LogP contribution in [0.1, 0.15) is 36.8 Å². The Morgan fingerprint density at radius 1 is 1.38 bits per heavy atom. The molecule has 1 aromatic heterocycles. The third-order valence-corrected chi connectivity index (χ3v) is 4.23. The van der Waals surface area contributed by atoms with E-state index in [1.165, 1.54) is 24.1 Å². The lowest BCUT2D eigenvalue weighted by molar-refractivity contribution is 0.196. The zero-order valence-corrected chi connectivity index (χ0v) is 10.9. The highest BCUT2D eigenvalue weighted by atomic mass is 32.1. The van der Waals surface area contributed by atoms with Gasteiger partial charge in [-0.25, -0.2) is 4.98 Å². The maximum Gasteiger partial charge on any atom is 0.185 e. The number of aliphatic hydroxyl groups is 1. The minimum Gasteiger partial charge on any atom is -0.393 e. The van der Waals surface area contributed by atoms with Crippen molar-refractivity contribution >= 4 is 16.5 Å². The molecule has 1 aromatic rings. The van der Waals surface area contributed by atoms with Gasteiger partial charge in [0.1, 0.15) is 0 Å². The zero-order valence-electron chi connectivity index (χ0n) is 10.1. The molecule has 4 heteroatoms. The maximum atomic E-state index is 9.42. The molecule has 1 unspecified atom stereocenters. The molecule has 1 atom stereocenters. The molecule has 3 nitrogen and oxygen atoms in total. The molecule has 16 heavy (non-hydrogen) atoms. The van der Waals surface area contributed by atoms with Crippen molar-refractivity contribution in [2.75, 3.05) is 18.0 Å². The second-order valence-electron chi connectivity index (χ2n) is 4.61. The van der Waals surface area contributed by atoms with E-state index in [-0.39, 0.29) is 6.10 Å². The number of rotatable bonds is 3. The van der Waals surface area contributed by atoms with Gasteiger partial charge in [-0.15, -0.1) is 11.3 Å². The summed E-state index contributed by atoms with van der Waals surface area (Å²) in [5, 5.41) is 10.6. The van der Waals surface area contributed by atoms with Crippen molar-refractivity contribution in [3.05, 3.63) is 10.6 Å². The molecular formula is C12H20N2OS. The Morgan fingerprint density at radius 2 is 2.06 bits per heavy atom. The minimum atomic E-state index is -0.270. The van der Waals surface area contributed by atoms with Crippen LogP contribution in [0.2, 0.25) is 0 Å². The van der Waals surface area contributed by atoms with Crippen LogP contribution in [0.15, 0.2) is 0 Å². The fourth-order valence-electron chi connectivity index (χ4n) is 2.09. The molecule has 0 radical (unpaired) electrons. The lowest BCUT2D eigenvalue weighted by Crippen LogP contribution is -2.29. The molecule has 0 saturated carbocycles. The zero-order chi connectivity index (χ0) is 11.5. The summed E-state index contributed by atoms with van der Waals surface area (Å²) >= 11 is 1.75. The molecule has 1 aliphatic heterocycles. The SMILES string of the molecule is Cc1nc(N2CCCCC2)sc1CC(C)O. The number of thiazole rings is 1. The predicted octanol–water partition coefficient (Wildman–Crippen LogP) is 2.37. The van der Waals surface area contributed by atoms with E-state index in [1.807, 2.05) is 13.8 Å². The molecule has 2 rings (SSSR count). The fraction of sp³-hybridized carbons (Fsp3) is 0.750. The van der Waals surface area contributed by atoms with Gasteiger partial charge < -0.3 is 10.0 Å². The highest BCUT2D eigenvalue weighted by Crippen LogP contribution is 2.28. The highest BCUT2D eigenvalue weighted by molar-refractivity contribution is 7.15. The third-order valence-electron chi connectivity index (χ3n) is 2.99. The van der Waals surface area contributed by atoms with Crippen molar-refractivity contribution in [2.45, 2.75) is 45.6 Å². The Hall–Kier alpha value is -0.610. The van der Waals surface area contributed by atoms with E-state index in [2.05, 4.69) is 9.88 Å². The Balaban J connectivity index is 2.09. The van der Waals surface area contributed by atoms with Gasteiger partial charge in [0.25, 0.3) is 0 Å². The molecule has 1 N–H and O–H groups in total. The molecule has 2 heterocycles. The van der Waals surface area contributed by atoms with Gasteiger partial charge in [-0.3, -0.25) is 0 Å². The second-order valence-corrected chi connectivity index (χ2v) is 5.67. The summed E-state index contributed by atoms with van der Waals surface area (Å²) in [7, 11) is 0. The van der Waals surface area contributed by atoms with Gasteiger partial charge in [-0.2, -0.15) is 0 Å². The van der Waals surface area contributed by atoms with E-state index in [9.17, 15) is 5.11 Å². The minimum absolute atomic E-state index is 0.270. The Labute approximate surface area is 101 Å². The van der Waals surface area contributed by atoms with Crippen molar-refractivity contribution in [1.82, 2.24) is 4.98 Å². The van der Waals surface area contributed by atoms with E-state index in [1.54, 1.807) is 11.3 Å². The number of nitrogens with zero attached hydrogens (tertiary/aromatic N) is 2. The number of hydrogen-bond donors (Lipinski definition) is 1. The van der Waals surface area contributed by atoms with Gasteiger partial charge in [-0.1, -0.05) is 0 Å². The van der Waals surface area contributed by atoms with Gasteiger partial charge in [0.2, 0.25) is 0 Å². The topological polar surface area (TPSA) is 36.4 Å². The molecule has 0 amide bonds. The molecule has 0 spiro atoms. The standard InChI is InChI=1S/C12H20N2OS/c1-9(15)8-11-10(2)13-12(16-11)14-6-4-3-5-7-14/h9,15H,3-8H2,1-2H3. The predicted molar refractivity (Wildman–Crippen MR) is 68.3 cm³/mol. The first-order valence-corrected chi connectivity index (χ1v) is 6.88. The Kier molecular flexibility index (Phi) is 3.82. The van der Waals surface area contributed by atoms with Crippen LogP contribution in [-0.2, 0) is 6.42 Å². The summed E-state index contributed by atoms with van der Waals surface area (Å²) in [5.74, 6) is 0. The second kappa shape index (κ2) is 5.15. The van der Waals surface area contributed by atoms with E-state index in [0.29, 0.717) is 0 Å². The number of aryl methyl sites for hydroxylation is 1. The van der Waals surface area contributed by atoms with Crippen LogP contribution in [0, 0.1) is 6.92 Å². The average Bonchev–Trinajstić information content (AvgIpc) is 2.61. The number of anilines is 1. The average molecular weight is 240 g/mol. The Morgan fingerprint density at radius 3 is 2.69 bits per heavy atom. The smallest absolute Gasteiger partial charge is 0.185 e. The normalized spacial score (nSPS) is 18.8. The van der Waals surface area contributed by atoms with Crippen molar-refractivity contribution < 1.29 is 5.11 Å². The van der Waals surface area contributed by atoms with Crippen molar-refractivity contribution in [1.29, 1.82) is 0 Å². The lowest BCUT2D eigenvalue weighted by atomic mass is 10.1. The largest absolute Gasteiger partial charge is 0.393 e. The molecule has 90 valence electrons. The van der Waals surface area contributed by atoms with Gasteiger partial charge in [0, 0.05) is 24.4 Å². The summed E-state index contributed by atoms with van der Waals surface area (Å²) in [4.78, 5) is 8.23. The van der Waals surface area contributed by atoms with Crippen LogP contribution in [-0.4, -0.2) is 29.3 Å². The van der Waals surface area contributed by atoms with Gasteiger partial charge in [-0.05, 0) is 33.1 Å². The molecular weight excluding hydrogens is 220 g/mol. The summed E-state index contributed by atoms with van der Waals surface area (Å²) in [5.41, 5.74) is 1.09. The van der Waals surface area contributed by atoms with Crippen LogP contribution in [0.4, 0.5) is 5.13 Å².